The molecule has 2 aliphatic carbocycles. The van der Waals surface area contributed by atoms with Gasteiger partial charge in [0, 0.05) is 16.7 Å². The lowest BCUT2D eigenvalue weighted by Crippen LogP contribution is -2.31. The summed E-state index contributed by atoms with van der Waals surface area (Å²) in [4.78, 5) is 14.9. The average Bonchev–Trinajstić information content (AvgIpc) is 3.63. The minimum Gasteiger partial charge on any atom is -0.208 e. The molecule has 1 aromatic heterocycles. The number of fused-ring (bicyclic) bond motifs is 9. The highest BCUT2D eigenvalue weighted by Crippen LogP contribution is 2.62. The zero-order chi connectivity index (χ0) is 40.5. The quantitative estimate of drug-likeness (QED) is 0.175. The number of benzene rings is 9. The largest absolute Gasteiger partial charge is 0.208 e. The van der Waals surface area contributed by atoms with Crippen LogP contribution in [0.1, 0.15) is 27.8 Å². The third kappa shape index (κ3) is 5.35. The van der Waals surface area contributed by atoms with Crippen LogP contribution < -0.4 is 0 Å². The van der Waals surface area contributed by atoms with E-state index in [0.29, 0.717) is 23.0 Å². The molecule has 0 saturated heterocycles. The highest BCUT2D eigenvalue weighted by atomic mass is 15.0. The maximum atomic E-state index is 9.81. The highest BCUT2D eigenvalue weighted by Gasteiger charge is 2.50. The lowest BCUT2D eigenvalue weighted by Gasteiger charge is -2.40. The zero-order valence-corrected chi connectivity index (χ0v) is 32.9. The number of rotatable bonds is 5. The third-order valence-corrected chi connectivity index (χ3v) is 12.6. The molecule has 0 N–H and O–H groups in total. The molecule has 1 heterocycles. The fourth-order valence-corrected chi connectivity index (χ4v) is 9.85. The van der Waals surface area contributed by atoms with E-state index in [1.807, 2.05) is 78.9 Å². The van der Waals surface area contributed by atoms with E-state index in [1.165, 1.54) is 55.3 Å². The van der Waals surface area contributed by atoms with Gasteiger partial charge < -0.3 is 0 Å². The molecule has 0 radical (unpaired) electrons. The van der Waals surface area contributed by atoms with Gasteiger partial charge in [0.05, 0.1) is 17.0 Å². The van der Waals surface area contributed by atoms with Crippen LogP contribution in [-0.2, 0) is 5.41 Å². The lowest BCUT2D eigenvalue weighted by molar-refractivity contribution is 0.774. The molecule has 1 unspecified atom stereocenters. The fourth-order valence-electron chi connectivity index (χ4n) is 9.85. The maximum absolute atomic E-state index is 9.81. The van der Waals surface area contributed by atoms with E-state index in [2.05, 4.69) is 133 Å². The normalized spacial score (nSPS) is 14.3. The van der Waals surface area contributed by atoms with Gasteiger partial charge in [0.2, 0.25) is 0 Å². The molecule has 0 aliphatic heterocycles. The Morgan fingerprint density at radius 3 is 1.41 bits per heavy atom. The third-order valence-electron chi connectivity index (χ3n) is 12.6. The first-order valence-electron chi connectivity index (χ1n) is 20.6. The van der Waals surface area contributed by atoms with Crippen LogP contribution in [0.5, 0.6) is 0 Å². The van der Waals surface area contributed by atoms with Gasteiger partial charge in [-0.15, -0.1) is 0 Å². The van der Waals surface area contributed by atoms with Gasteiger partial charge in [-0.05, 0) is 102 Å². The van der Waals surface area contributed by atoms with Crippen LogP contribution in [0.25, 0.3) is 89.4 Å². The number of nitriles is 1. The Kier molecular flexibility index (Phi) is 7.78. The van der Waals surface area contributed by atoms with E-state index >= 15 is 0 Å². The SMILES string of the molecule is N#Cc1cccc(-c2ccc3c(c2)C2(c4cc(-c5ccc(-c6nc(-c7ccccc7)nc(-c7ccccc7)n6)cc5)ccc4-3)c3ccccc3-c3cccc4cccc2c34)c1. The van der Waals surface area contributed by atoms with Crippen molar-refractivity contribution < 1.29 is 0 Å². The van der Waals surface area contributed by atoms with Crippen molar-refractivity contribution in [1.29, 1.82) is 5.26 Å². The number of hydrogen-bond acceptors (Lipinski definition) is 4. The summed E-state index contributed by atoms with van der Waals surface area (Å²) in [5.74, 6) is 1.91. The topological polar surface area (TPSA) is 62.5 Å². The van der Waals surface area contributed by atoms with E-state index in [1.54, 1.807) is 0 Å². The van der Waals surface area contributed by atoms with Crippen LogP contribution in [0.3, 0.4) is 0 Å². The molecule has 0 fully saturated rings. The van der Waals surface area contributed by atoms with Gasteiger partial charge in [-0.3, -0.25) is 0 Å². The minimum atomic E-state index is -0.597. The molecule has 0 amide bonds. The molecule has 282 valence electrons. The summed E-state index contributed by atoms with van der Waals surface area (Å²) in [5, 5.41) is 12.3. The summed E-state index contributed by atoms with van der Waals surface area (Å²) in [7, 11) is 0. The Balaban J connectivity index is 1.04. The number of aromatic nitrogens is 3. The van der Waals surface area contributed by atoms with Crippen molar-refractivity contribution in [2.24, 2.45) is 0 Å². The second kappa shape index (κ2) is 13.7. The molecule has 1 atom stereocenters. The van der Waals surface area contributed by atoms with Crippen molar-refractivity contribution in [2.75, 3.05) is 0 Å². The van der Waals surface area contributed by atoms with E-state index < -0.39 is 5.41 Å². The van der Waals surface area contributed by atoms with Gasteiger partial charge in [0.15, 0.2) is 17.5 Å². The van der Waals surface area contributed by atoms with Crippen LogP contribution in [-0.4, -0.2) is 15.0 Å². The Bertz CT molecular complexity index is 3360. The van der Waals surface area contributed by atoms with Crippen LogP contribution >= 0.6 is 0 Å². The second-order valence-electron chi connectivity index (χ2n) is 15.8. The van der Waals surface area contributed by atoms with Gasteiger partial charge in [0.25, 0.3) is 0 Å². The summed E-state index contributed by atoms with van der Waals surface area (Å²) in [6.07, 6.45) is 0. The first-order chi connectivity index (χ1) is 30.2. The zero-order valence-electron chi connectivity index (χ0n) is 32.9. The predicted molar refractivity (Wildman–Crippen MR) is 246 cm³/mol. The molecule has 0 saturated carbocycles. The summed E-state index contributed by atoms with van der Waals surface area (Å²) >= 11 is 0. The van der Waals surface area contributed by atoms with Crippen LogP contribution in [0.4, 0.5) is 0 Å². The molecule has 12 rings (SSSR count). The van der Waals surface area contributed by atoms with Crippen molar-refractivity contribution in [3.05, 3.63) is 234 Å². The first-order valence-corrected chi connectivity index (χ1v) is 20.6. The summed E-state index contributed by atoms with van der Waals surface area (Å²) in [6, 6.07) is 75.4. The van der Waals surface area contributed by atoms with Crippen LogP contribution in [0.2, 0.25) is 0 Å². The van der Waals surface area contributed by atoms with Crippen molar-refractivity contribution in [3.8, 4) is 84.7 Å². The van der Waals surface area contributed by atoms with Gasteiger partial charge in [-0.25, -0.2) is 15.0 Å². The minimum absolute atomic E-state index is 0.597. The standard InChI is InChI=1S/C57H34N4/c58-35-36-12-9-19-42(32-36)44-29-31-47-46-30-28-43(33-51(46)57(52(47)34-44)49-22-8-7-20-45(49)48-21-10-17-38-18-11-23-50(57)53(38)48)37-24-26-41(27-25-37)56-60-54(39-13-3-1-4-14-39)59-55(61-56)40-15-5-2-6-16-40/h1-34H. The molecule has 61 heavy (non-hydrogen) atoms. The van der Waals surface area contributed by atoms with Gasteiger partial charge >= 0.3 is 0 Å². The van der Waals surface area contributed by atoms with Gasteiger partial charge in [0.1, 0.15) is 0 Å². The molecule has 1 spiro atoms. The van der Waals surface area contributed by atoms with Gasteiger partial charge in [-0.1, -0.05) is 182 Å². The Hall–Kier alpha value is -8.26. The molecule has 4 nitrogen and oxygen atoms in total. The smallest absolute Gasteiger partial charge is 0.164 e. The Morgan fingerprint density at radius 1 is 0.328 bits per heavy atom. The second-order valence-corrected chi connectivity index (χ2v) is 15.8. The first kappa shape index (κ1) is 34.8. The monoisotopic (exact) mass is 774 g/mol. The molecular weight excluding hydrogens is 741 g/mol. The lowest BCUT2D eigenvalue weighted by atomic mass is 9.61. The number of nitrogens with zero attached hydrogens (tertiary/aromatic N) is 4. The molecule has 0 bridgehead atoms. The summed E-state index contributed by atoms with van der Waals surface area (Å²) < 4.78 is 0. The predicted octanol–water partition coefficient (Wildman–Crippen LogP) is 13.6. The van der Waals surface area contributed by atoms with Crippen molar-refractivity contribution in [1.82, 2.24) is 15.0 Å². The van der Waals surface area contributed by atoms with Crippen molar-refractivity contribution in [2.45, 2.75) is 5.41 Å². The molecule has 10 aromatic rings. The highest BCUT2D eigenvalue weighted by molar-refractivity contribution is 6.07. The summed E-state index contributed by atoms with van der Waals surface area (Å²) in [5.41, 5.74) is 17.3. The van der Waals surface area contributed by atoms with E-state index in [9.17, 15) is 5.26 Å². The van der Waals surface area contributed by atoms with Gasteiger partial charge in [-0.2, -0.15) is 5.26 Å². The van der Waals surface area contributed by atoms with Crippen molar-refractivity contribution >= 4 is 10.8 Å². The fraction of sp³-hybridized carbons (Fsp3) is 0.0175. The summed E-state index contributed by atoms with van der Waals surface area (Å²) in [6.45, 7) is 0. The molecule has 4 heteroatoms. The molecule has 2 aliphatic rings. The van der Waals surface area contributed by atoms with Crippen LogP contribution in [0.15, 0.2) is 206 Å². The Morgan fingerprint density at radius 2 is 0.770 bits per heavy atom. The Labute approximate surface area is 353 Å². The van der Waals surface area contributed by atoms with E-state index in [4.69, 9.17) is 15.0 Å². The number of hydrogen-bond donors (Lipinski definition) is 0. The molecule has 9 aromatic carbocycles. The van der Waals surface area contributed by atoms with E-state index in [0.717, 1.165) is 38.9 Å². The maximum Gasteiger partial charge on any atom is 0.164 e. The average molecular weight is 775 g/mol. The molecular formula is C57H34N4. The van der Waals surface area contributed by atoms with Crippen molar-refractivity contribution in [3.63, 3.8) is 0 Å². The van der Waals surface area contributed by atoms with E-state index in [-0.39, 0.29) is 0 Å². The van der Waals surface area contributed by atoms with Crippen LogP contribution in [0, 0.1) is 11.3 Å².